The number of esters is 2. The molecule has 1 aromatic carbocycles. The molecule has 0 saturated heterocycles. The first-order chi connectivity index (χ1) is 7.96. The van der Waals surface area contributed by atoms with E-state index in [9.17, 15) is 9.59 Å². The van der Waals surface area contributed by atoms with Gasteiger partial charge in [0.2, 0.25) is 5.60 Å². The second-order valence-electron chi connectivity index (χ2n) is 4.09. The standard InChI is InChI=1S/C12H11BrO4/c1-12(11(15)16-2)6-7-3-4-8(13)5-9(7)10(14)17-12/h3-5H,6H2,1-2H3. The first-order valence-electron chi connectivity index (χ1n) is 5.06. The zero-order valence-electron chi connectivity index (χ0n) is 9.45. The van der Waals surface area contributed by atoms with E-state index in [1.54, 1.807) is 19.1 Å². The lowest BCUT2D eigenvalue weighted by molar-refractivity contribution is -0.161. The number of carbonyl (C=O) groups is 2. The van der Waals surface area contributed by atoms with E-state index in [-0.39, 0.29) is 0 Å². The second-order valence-corrected chi connectivity index (χ2v) is 5.01. The summed E-state index contributed by atoms with van der Waals surface area (Å²) in [5.41, 5.74) is 0.0465. The van der Waals surface area contributed by atoms with Gasteiger partial charge in [0.1, 0.15) is 0 Å². The zero-order valence-corrected chi connectivity index (χ0v) is 11.0. The lowest BCUT2D eigenvalue weighted by Crippen LogP contribution is -2.46. The highest BCUT2D eigenvalue weighted by atomic mass is 79.9. The van der Waals surface area contributed by atoms with Crippen LogP contribution in [0.1, 0.15) is 22.8 Å². The largest absolute Gasteiger partial charge is 0.466 e. The van der Waals surface area contributed by atoms with Crippen LogP contribution in [0.2, 0.25) is 0 Å². The number of fused-ring (bicyclic) bond motifs is 1. The molecule has 1 aromatic rings. The van der Waals surface area contributed by atoms with Crippen LogP contribution in [-0.4, -0.2) is 24.6 Å². The molecule has 17 heavy (non-hydrogen) atoms. The van der Waals surface area contributed by atoms with Crippen molar-refractivity contribution in [2.24, 2.45) is 0 Å². The molecule has 1 atom stereocenters. The predicted octanol–water partition coefficient (Wildman–Crippen LogP) is 2.09. The lowest BCUT2D eigenvalue weighted by atomic mass is 9.90. The number of cyclic esters (lactones) is 1. The van der Waals surface area contributed by atoms with Gasteiger partial charge in [-0.1, -0.05) is 22.0 Å². The summed E-state index contributed by atoms with van der Waals surface area (Å²) in [5, 5.41) is 0. The Morgan fingerprint density at radius 3 is 2.88 bits per heavy atom. The maximum Gasteiger partial charge on any atom is 0.350 e. The number of rotatable bonds is 1. The highest BCUT2D eigenvalue weighted by Gasteiger charge is 2.43. The van der Waals surface area contributed by atoms with Gasteiger partial charge in [-0.25, -0.2) is 9.59 Å². The molecule has 1 aliphatic rings. The fourth-order valence-electron chi connectivity index (χ4n) is 1.88. The number of carbonyl (C=O) groups excluding carboxylic acids is 2. The zero-order chi connectivity index (χ0) is 12.6. The molecule has 0 N–H and O–H groups in total. The van der Waals surface area contributed by atoms with Crippen molar-refractivity contribution in [3.05, 3.63) is 33.8 Å². The Morgan fingerprint density at radius 2 is 2.24 bits per heavy atom. The summed E-state index contributed by atoms with van der Waals surface area (Å²) >= 11 is 3.29. The number of benzene rings is 1. The van der Waals surface area contributed by atoms with Gasteiger partial charge in [-0.3, -0.25) is 0 Å². The average molecular weight is 299 g/mol. The minimum atomic E-state index is -1.23. The third-order valence-electron chi connectivity index (χ3n) is 2.75. The van der Waals surface area contributed by atoms with Crippen LogP contribution in [0.25, 0.3) is 0 Å². The molecule has 2 rings (SSSR count). The Hall–Kier alpha value is -1.36. The Labute approximate surface area is 107 Å². The maximum absolute atomic E-state index is 11.8. The van der Waals surface area contributed by atoms with Crippen LogP contribution in [0.5, 0.6) is 0 Å². The number of methoxy groups -OCH3 is 1. The van der Waals surface area contributed by atoms with Crippen LogP contribution >= 0.6 is 15.9 Å². The molecule has 0 spiro atoms. The molecule has 0 aromatic heterocycles. The van der Waals surface area contributed by atoms with Crippen molar-refractivity contribution in [3.63, 3.8) is 0 Å². The predicted molar refractivity (Wildman–Crippen MR) is 63.7 cm³/mol. The quantitative estimate of drug-likeness (QED) is 0.745. The van der Waals surface area contributed by atoms with Crippen molar-refractivity contribution in [2.75, 3.05) is 7.11 Å². The number of hydrogen-bond donors (Lipinski definition) is 0. The normalized spacial score (nSPS) is 22.6. The van der Waals surface area contributed by atoms with E-state index in [0.29, 0.717) is 12.0 Å². The molecular weight excluding hydrogens is 288 g/mol. The fraction of sp³-hybridized carbons (Fsp3) is 0.333. The molecule has 0 fully saturated rings. The molecule has 0 radical (unpaired) electrons. The van der Waals surface area contributed by atoms with Crippen LogP contribution in [0.15, 0.2) is 22.7 Å². The summed E-state index contributed by atoms with van der Waals surface area (Å²) in [6.07, 6.45) is 0.327. The van der Waals surface area contributed by atoms with E-state index in [1.165, 1.54) is 7.11 Å². The Morgan fingerprint density at radius 1 is 1.53 bits per heavy atom. The van der Waals surface area contributed by atoms with Gasteiger partial charge >= 0.3 is 11.9 Å². The minimum absolute atomic E-state index is 0.327. The van der Waals surface area contributed by atoms with Gasteiger partial charge in [-0.2, -0.15) is 0 Å². The first-order valence-corrected chi connectivity index (χ1v) is 5.86. The van der Waals surface area contributed by atoms with E-state index >= 15 is 0 Å². The topological polar surface area (TPSA) is 52.6 Å². The summed E-state index contributed by atoms with van der Waals surface area (Å²) in [5.74, 6) is -1.04. The monoisotopic (exact) mass is 298 g/mol. The molecule has 0 aliphatic carbocycles. The lowest BCUT2D eigenvalue weighted by Gasteiger charge is -2.31. The molecule has 4 nitrogen and oxygen atoms in total. The van der Waals surface area contributed by atoms with E-state index in [2.05, 4.69) is 20.7 Å². The highest BCUT2D eigenvalue weighted by Crippen LogP contribution is 2.30. The molecule has 1 aliphatic heterocycles. The Balaban J connectivity index is 2.43. The van der Waals surface area contributed by atoms with Gasteiger partial charge in [0.25, 0.3) is 0 Å². The van der Waals surface area contributed by atoms with Crippen molar-refractivity contribution in [3.8, 4) is 0 Å². The SMILES string of the molecule is COC(=O)C1(C)Cc2ccc(Br)cc2C(=O)O1. The third-order valence-corrected chi connectivity index (χ3v) is 3.25. The molecule has 0 bridgehead atoms. The van der Waals surface area contributed by atoms with E-state index < -0.39 is 17.5 Å². The molecule has 90 valence electrons. The van der Waals surface area contributed by atoms with Crippen molar-refractivity contribution >= 4 is 27.9 Å². The summed E-state index contributed by atoms with van der Waals surface area (Å²) < 4.78 is 10.6. The first kappa shape index (κ1) is 12.1. The van der Waals surface area contributed by atoms with Crippen LogP contribution in [-0.2, 0) is 20.7 Å². The maximum atomic E-state index is 11.8. The Bertz CT molecular complexity index is 497. The van der Waals surface area contributed by atoms with Crippen LogP contribution in [0.3, 0.4) is 0 Å². The summed E-state index contributed by atoms with van der Waals surface area (Å²) in [7, 11) is 1.28. The summed E-state index contributed by atoms with van der Waals surface area (Å²) in [6, 6.07) is 5.32. The molecule has 1 unspecified atom stereocenters. The van der Waals surface area contributed by atoms with Crippen LogP contribution < -0.4 is 0 Å². The van der Waals surface area contributed by atoms with Gasteiger partial charge in [0.15, 0.2) is 0 Å². The summed E-state index contributed by atoms with van der Waals surface area (Å²) in [6.45, 7) is 1.56. The van der Waals surface area contributed by atoms with Gasteiger partial charge in [-0.05, 0) is 24.6 Å². The molecule has 1 heterocycles. The van der Waals surface area contributed by atoms with Crippen molar-refractivity contribution < 1.29 is 19.1 Å². The minimum Gasteiger partial charge on any atom is -0.466 e. The molecule has 0 saturated carbocycles. The Kier molecular flexibility index (Phi) is 2.95. The van der Waals surface area contributed by atoms with Gasteiger partial charge in [0.05, 0.1) is 12.7 Å². The number of ether oxygens (including phenoxy) is 2. The second kappa shape index (κ2) is 4.14. The van der Waals surface area contributed by atoms with Crippen LogP contribution in [0.4, 0.5) is 0 Å². The van der Waals surface area contributed by atoms with Gasteiger partial charge in [-0.15, -0.1) is 0 Å². The van der Waals surface area contributed by atoms with E-state index in [1.807, 2.05) is 6.07 Å². The van der Waals surface area contributed by atoms with Crippen molar-refractivity contribution in [2.45, 2.75) is 18.9 Å². The third kappa shape index (κ3) is 2.07. The van der Waals surface area contributed by atoms with E-state index in [4.69, 9.17) is 4.74 Å². The molecular formula is C12H11BrO4. The summed E-state index contributed by atoms with van der Waals surface area (Å²) in [4.78, 5) is 23.4. The van der Waals surface area contributed by atoms with Crippen LogP contribution in [0, 0.1) is 0 Å². The molecule has 0 amide bonds. The molecule has 5 heteroatoms. The van der Waals surface area contributed by atoms with Crippen molar-refractivity contribution in [1.29, 1.82) is 0 Å². The van der Waals surface area contributed by atoms with Gasteiger partial charge in [0, 0.05) is 10.9 Å². The highest BCUT2D eigenvalue weighted by molar-refractivity contribution is 9.10. The smallest absolute Gasteiger partial charge is 0.350 e. The fourth-order valence-corrected chi connectivity index (χ4v) is 2.24. The van der Waals surface area contributed by atoms with Crippen molar-refractivity contribution in [1.82, 2.24) is 0 Å². The number of hydrogen-bond acceptors (Lipinski definition) is 4. The van der Waals surface area contributed by atoms with Gasteiger partial charge < -0.3 is 9.47 Å². The number of halogens is 1. The average Bonchev–Trinajstić information content (AvgIpc) is 2.29. The van der Waals surface area contributed by atoms with E-state index in [0.717, 1.165) is 10.0 Å².